The van der Waals surface area contributed by atoms with Crippen LogP contribution in [0.3, 0.4) is 0 Å². The first-order valence-electron chi connectivity index (χ1n) is 27.3. The number of hydrogen-bond donors (Lipinski definition) is 0. The topological polar surface area (TPSA) is 198 Å². The second-order valence-corrected chi connectivity index (χ2v) is 22.0. The average Bonchev–Trinajstić information content (AvgIpc) is 1.92. The lowest BCUT2D eigenvalue weighted by Crippen LogP contribution is -2.33. The lowest BCUT2D eigenvalue weighted by Gasteiger charge is -2.26. The summed E-state index contributed by atoms with van der Waals surface area (Å²) in [7, 11) is 0. The summed E-state index contributed by atoms with van der Waals surface area (Å²) in [6.45, 7) is 3.67. The van der Waals surface area contributed by atoms with Gasteiger partial charge in [0.1, 0.15) is 29.4 Å². The Morgan fingerprint density at radius 3 is 1.70 bits per heavy atom. The van der Waals surface area contributed by atoms with Gasteiger partial charge < -0.3 is 18.9 Å². The molecule has 2 aromatic heterocycles. The number of aromatic nitrogens is 6. The number of anilines is 2. The van der Waals surface area contributed by atoms with Crippen LogP contribution in [0.5, 0.6) is 11.5 Å². The third kappa shape index (κ3) is 13.9. The number of aryl methyl sites for hydroxylation is 2. The van der Waals surface area contributed by atoms with E-state index >= 15 is 4.79 Å². The quantitative estimate of drug-likeness (QED) is 0.0828. The molecule has 4 amide bonds. The zero-order valence-electron chi connectivity index (χ0n) is 46.2. The number of aliphatic imine (C=N–C) groups is 2. The number of amidine groups is 2. The number of carbonyl (C=O) groups excluding carboxylic acids is 4. The van der Waals surface area contributed by atoms with Crippen LogP contribution in [0, 0.1) is 6.92 Å². The molecule has 87 heavy (non-hydrogen) atoms. The summed E-state index contributed by atoms with van der Waals surface area (Å²) in [5, 5.41) is 8.23. The number of amides is 4. The predicted molar refractivity (Wildman–Crippen MR) is 313 cm³/mol. The van der Waals surface area contributed by atoms with Crippen LogP contribution in [-0.2, 0) is 51.2 Å². The molecule has 18 nitrogen and oxygen atoms in total. The Balaban J connectivity index is 0.751. The maximum atomic E-state index is 15.0. The number of ether oxygens (including phenoxy) is 4. The minimum Gasteiger partial charge on any atom is -0.448 e. The van der Waals surface area contributed by atoms with Crippen molar-refractivity contribution in [1.82, 2.24) is 29.5 Å². The Kier molecular flexibility index (Phi) is 17.3. The number of rotatable bonds is 16. The first-order chi connectivity index (χ1) is 41.8. The van der Waals surface area contributed by atoms with E-state index in [4.69, 9.17) is 9.47 Å². The molecule has 1 unspecified atom stereocenters. The van der Waals surface area contributed by atoms with Gasteiger partial charge in [-0.05, 0) is 133 Å². The average molecular weight is 1230 g/mol. The first kappa shape index (κ1) is 59.4. The van der Waals surface area contributed by atoms with Crippen LogP contribution in [-0.4, -0.2) is 95.6 Å². The Morgan fingerprint density at radius 2 is 1.17 bits per heavy atom. The Hall–Kier alpha value is -9.30. The molecule has 8 aromatic rings. The number of benzene rings is 6. The Labute approximate surface area is 501 Å². The number of hydrogen-bond acceptors (Lipinski definition) is 14. The molecule has 0 spiro atoms. The molecule has 1 aliphatic carbocycles. The number of alkyl halides is 6. The van der Waals surface area contributed by atoms with Gasteiger partial charge in [0.05, 0.1) is 41.7 Å². The van der Waals surface area contributed by atoms with E-state index in [-0.39, 0.29) is 52.6 Å². The molecule has 0 N–H and O–H groups in total. The fourth-order valence-corrected chi connectivity index (χ4v) is 12.3. The van der Waals surface area contributed by atoms with Gasteiger partial charge in [0.25, 0.3) is 5.91 Å². The predicted octanol–water partition coefficient (Wildman–Crippen LogP) is 13.1. The number of halogens is 6. The van der Waals surface area contributed by atoms with Gasteiger partial charge in [-0.2, -0.15) is 9.98 Å². The summed E-state index contributed by atoms with van der Waals surface area (Å²) in [6.07, 6.45) is -3.94. The van der Waals surface area contributed by atoms with Crippen molar-refractivity contribution < 1.29 is 64.5 Å². The molecule has 0 radical (unpaired) electrons. The van der Waals surface area contributed by atoms with E-state index < -0.39 is 30.2 Å². The summed E-state index contributed by atoms with van der Waals surface area (Å²) in [5.41, 5.74) is 9.07. The third-order valence-corrected chi connectivity index (χ3v) is 16.5. The number of fused-ring (bicyclic) bond motifs is 1. The fraction of sp³-hybridized carbons (Fsp3) is 0.246. The molecule has 446 valence electrons. The Bertz CT molecular complexity index is 3950. The lowest BCUT2D eigenvalue weighted by molar-refractivity contribution is -0.275. The van der Waals surface area contributed by atoms with Crippen molar-refractivity contribution in [3.8, 4) is 45.6 Å². The summed E-state index contributed by atoms with van der Waals surface area (Å²) in [4.78, 5) is 76.2. The van der Waals surface area contributed by atoms with Crippen molar-refractivity contribution >= 4 is 69.2 Å². The highest BCUT2D eigenvalue weighted by atomic mass is 32.2. The number of carbonyl (C=O) groups is 4. The third-order valence-electron chi connectivity index (χ3n) is 14.4. The zero-order valence-corrected chi connectivity index (χ0v) is 47.9. The van der Waals surface area contributed by atoms with Crippen molar-refractivity contribution in [3.05, 3.63) is 179 Å². The first-order valence-corrected chi connectivity index (χ1v) is 29.2. The highest BCUT2D eigenvalue weighted by molar-refractivity contribution is 8.16. The van der Waals surface area contributed by atoms with Gasteiger partial charge in [0, 0.05) is 24.0 Å². The van der Waals surface area contributed by atoms with E-state index in [0.29, 0.717) is 75.9 Å². The van der Waals surface area contributed by atoms with Gasteiger partial charge in [0.15, 0.2) is 22.0 Å². The normalized spacial score (nSPS) is 16.2. The molecule has 2 fully saturated rings. The van der Waals surface area contributed by atoms with Crippen molar-refractivity contribution in [2.24, 2.45) is 9.98 Å². The molecule has 26 heteroatoms. The lowest BCUT2D eigenvalue weighted by atomic mass is 9.90. The maximum Gasteiger partial charge on any atom is 0.573 e. The SMILES string of the molecule is CCc1ccc(C2SC(=NC(=O)OCCc3ccc(-c4ncn(-c5ccc(OC(F)(F)F)cc5)n4)cc3)N(c3cccc4c3CCCC4)C2=O)c(C)c1N1C(=O)CSC1=NC(=O)OCCc1ccc(-c2ncn(-c3ccc(OC(F)(F)F)cc3)n2)cc1. The van der Waals surface area contributed by atoms with E-state index in [1.165, 1.54) is 80.3 Å². The summed E-state index contributed by atoms with van der Waals surface area (Å²) < 4.78 is 97.7. The smallest absolute Gasteiger partial charge is 0.448 e. The molecule has 6 aromatic carbocycles. The van der Waals surface area contributed by atoms with Crippen molar-refractivity contribution in [1.29, 1.82) is 0 Å². The molecular weight excluding hydrogens is 1180 g/mol. The van der Waals surface area contributed by atoms with Crippen LogP contribution in [0.2, 0.25) is 0 Å². The van der Waals surface area contributed by atoms with Crippen molar-refractivity contribution in [2.45, 2.75) is 76.8 Å². The number of nitrogens with zero attached hydrogens (tertiary/aromatic N) is 10. The van der Waals surface area contributed by atoms with E-state index in [1.807, 2.05) is 68.4 Å². The number of thioether (sulfide) groups is 2. The molecule has 1 atom stereocenters. The van der Waals surface area contributed by atoms with Gasteiger partial charge in [-0.1, -0.05) is 103 Å². The van der Waals surface area contributed by atoms with E-state index in [2.05, 4.69) is 39.6 Å². The summed E-state index contributed by atoms with van der Waals surface area (Å²) >= 11 is 2.19. The van der Waals surface area contributed by atoms with Gasteiger partial charge >= 0.3 is 24.9 Å². The second kappa shape index (κ2) is 25.3. The highest BCUT2D eigenvalue weighted by Crippen LogP contribution is 2.47. The molecule has 3 aliphatic rings. The van der Waals surface area contributed by atoms with Crippen molar-refractivity contribution in [3.63, 3.8) is 0 Å². The molecule has 2 saturated heterocycles. The standard InChI is InChI=1S/C61H50F6N10O8S2/c1-3-39-19-28-47(36(2)51(39)77-50(78)33-86-56(77)70-58(80)82-31-29-37-11-15-41(16-12-37)53-68-34-74(72-53)43-20-24-45(25-21-43)84-60(62,63)64)52-55(79)76(49-10-6-8-40-7-4-5-9-48(40)49)57(87-52)71-59(81)83-32-30-38-13-17-42(18-14-38)54-69-35-75(73-54)44-22-26-46(27-23-44)85-61(65,66)67/h6,8,10-28,34-35,52H,3-5,7,9,29-33H2,1-2H3. The summed E-state index contributed by atoms with van der Waals surface area (Å²) in [5.74, 6) is -0.655. The molecule has 0 saturated carbocycles. The van der Waals surface area contributed by atoms with Crippen LogP contribution in [0.15, 0.2) is 150 Å². The molecule has 11 rings (SSSR count). The maximum absolute atomic E-state index is 15.0. The van der Waals surface area contributed by atoms with E-state index in [1.54, 1.807) is 24.3 Å². The monoisotopic (exact) mass is 1230 g/mol. The largest absolute Gasteiger partial charge is 0.573 e. The zero-order chi connectivity index (χ0) is 61.0. The fourth-order valence-electron chi connectivity index (χ4n) is 10.2. The van der Waals surface area contributed by atoms with Crippen LogP contribution in [0.25, 0.3) is 34.2 Å². The molecular formula is C61H50F6N10O8S2. The van der Waals surface area contributed by atoms with Gasteiger partial charge in [-0.15, -0.1) is 36.5 Å². The minimum atomic E-state index is -4.81. The van der Waals surface area contributed by atoms with E-state index in [9.17, 15) is 40.7 Å². The molecule has 2 aliphatic heterocycles. The highest BCUT2D eigenvalue weighted by Gasteiger charge is 2.44. The van der Waals surface area contributed by atoms with Crippen LogP contribution in [0.1, 0.15) is 64.0 Å². The Morgan fingerprint density at radius 1 is 0.644 bits per heavy atom. The van der Waals surface area contributed by atoms with E-state index in [0.717, 1.165) is 77.0 Å². The second-order valence-electron chi connectivity index (χ2n) is 20.0. The molecule has 0 bridgehead atoms. The van der Waals surface area contributed by atoms with Gasteiger partial charge in [-0.25, -0.2) is 28.9 Å². The van der Waals surface area contributed by atoms with Crippen LogP contribution >= 0.6 is 23.5 Å². The van der Waals surface area contributed by atoms with Gasteiger partial charge in [0.2, 0.25) is 5.91 Å². The molecule has 4 heterocycles. The van der Waals surface area contributed by atoms with Crippen LogP contribution < -0.4 is 19.3 Å². The van der Waals surface area contributed by atoms with Crippen molar-refractivity contribution in [2.75, 3.05) is 28.8 Å². The van der Waals surface area contributed by atoms with Crippen LogP contribution in [0.4, 0.5) is 47.3 Å². The summed E-state index contributed by atoms with van der Waals surface area (Å²) in [6, 6.07) is 34.4. The minimum absolute atomic E-state index is 0.00444. The van der Waals surface area contributed by atoms with Gasteiger partial charge in [-0.3, -0.25) is 19.4 Å².